The minimum absolute atomic E-state index is 0.0937. The summed E-state index contributed by atoms with van der Waals surface area (Å²) in [6, 6.07) is 0. The molecule has 114 valence electrons. The van der Waals surface area contributed by atoms with E-state index in [1.807, 2.05) is 0 Å². The SMILES string of the molecule is Cn1c(=O)c2c(ncn2CC(=O)Nc2nccs2)n(C)c1=O. The van der Waals surface area contributed by atoms with Crippen LogP contribution in [0.2, 0.25) is 0 Å². The van der Waals surface area contributed by atoms with Gasteiger partial charge in [-0.05, 0) is 0 Å². The van der Waals surface area contributed by atoms with Gasteiger partial charge in [0, 0.05) is 25.7 Å². The Kier molecular flexibility index (Phi) is 3.37. The molecule has 3 rings (SSSR count). The first kappa shape index (κ1) is 14.2. The first-order valence-corrected chi connectivity index (χ1v) is 7.17. The van der Waals surface area contributed by atoms with Gasteiger partial charge in [-0.15, -0.1) is 11.3 Å². The number of nitrogens with zero attached hydrogens (tertiary/aromatic N) is 5. The molecule has 0 atom stereocenters. The lowest BCUT2D eigenvalue weighted by Gasteiger charge is -2.06. The minimum atomic E-state index is -0.488. The third-order valence-corrected chi connectivity index (χ3v) is 3.90. The first-order chi connectivity index (χ1) is 10.5. The zero-order valence-electron chi connectivity index (χ0n) is 11.8. The second-order valence-corrected chi connectivity index (χ2v) is 5.53. The van der Waals surface area contributed by atoms with Gasteiger partial charge >= 0.3 is 5.69 Å². The van der Waals surface area contributed by atoms with Crippen molar-refractivity contribution in [3.63, 3.8) is 0 Å². The highest BCUT2D eigenvalue weighted by Gasteiger charge is 2.16. The summed E-state index contributed by atoms with van der Waals surface area (Å²) in [7, 11) is 2.91. The summed E-state index contributed by atoms with van der Waals surface area (Å²) in [5.74, 6) is -0.329. The zero-order valence-corrected chi connectivity index (χ0v) is 12.6. The number of carbonyl (C=O) groups excluding carboxylic acids is 1. The molecule has 0 aliphatic heterocycles. The number of nitrogens with one attached hydrogen (secondary N) is 1. The van der Waals surface area contributed by atoms with Crippen molar-refractivity contribution in [2.24, 2.45) is 14.1 Å². The molecule has 0 saturated carbocycles. The van der Waals surface area contributed by atoms with E-state index < -0.39 is 11.2 Å². The van der Waals surface area contributed by atoms with Crippen LogP contribution in [0.3, 0.4) is 0 Å². The molecule has 0 radical (unpaired) electrons. The van der Waals surface area contributed by atoms with Gasteiger partial charge in [0.1, 0.15) is 6.54 Å². The largest absolute Gasteiger partial charge is 0.332 e. The summed E-state index contributed by atoms with van der Waals surface area (Å²) in [4.78, 5) is 44.1. The number of rotatable bonds is 3. The fraction of sp³-hybridized carbons (Fsp3) is 0.250. The molecule has 0 aliphatic carbocycles. The Bertz CT molecular complexity index is 965. The zero-order chi connectivity index (χ0) is 15.9. The van der Waals surface area contributed by atoms with Crippen LogP contribution >= 0.6 is 11.3 Å². The van der Waals surface area contributed by atoms with E-state index in [9.17, 15) is 14.4 Å². The van der Waals surface area contributed by atoms with Gasteiger partial charge in [-0.25, -0.2) is 14.8 Å². The fourth-order valence-corrected chi connectivity index (χ4v) is 2.66. The Labute approximate surface area is 127 Å². The molecule has 3 heterocycles. The summed E-state index contributed by atoms with van der Waals surface area (Å²) in [6.07, 6.45) is 2.95. The highest BCUT2D eigenvalue weighted by atomic mass is 32.1. The van der Waals surface area contributed by atoms with E-state index >= 15 is 0 Å². The summed E-state index contributed by atoms with van der Waals surface area (Å²) < 4.78 is 3.67. The van der Waals surface area contributed by atoms with Gasteiger partial charge < -0.3 is 9.88 Å². The molecule has 0 aliphatic rings. The van der Waals surface area contributed by atoms with Crippen molar-refractivity contribution in [3.8, 4) is 0 Å². The van der Waals surface area contributed by atoms with Crippen LogP contribution in [0.15, 0.2) is 27.5 Å². The monoisotopic (exact) mass is 320 g/mol. The molecule has 22 heavy (non-hydrogen) atoms. The van der Waals surface area contributed by atoms with Crippen molar-refractivity contribution in [1.82, 2.24) is 23.7 Å². The van der Waals surface area contributed by atoms with Crippen LogP contribution in [0.25, 0.3) is 11.2 Å². The van der Waals surface area contributed by atoms with Crippen LogP contribution in [0.5, 0.6) is 0 Å². The molecule has 0 spiro atoms. The van der Waals surface area contributed by atoms with Crippen LogP contribution in [-0.4, -0.2) is 29.6 Å². The van der Waals surface area contributed by atoms with Crippen molar-refractivity contribution in [2.75, 3.05) is 5.32 Å². The number of thiazole rings is 1. The topological polar surface area (TPSA) is 104 Å². The number of hydrogen-bond acceptors (Lipinski definition) is 6. The Morgan fingerprint density at radius 1 is 1.27 bits per heavy atom. The maximum absolute atomic E-state index is 12.2. The summed E-state index contributed by atoms with van der Waals surface area (Å²) in [5.41, 5.74) is -0.498. The number of aromatic nitrogens is 5. The lowest BCUT2D eigenvalue weighted by Crippen LogP contribution is -2.37. The summed E-state index contributed by atoms with van der Waals surface area (Å²) in [6.45, 7) is -0.0937. The number of imidazole rings is 1. The fourth-order valence-electron chi connectivity index (χ4n) is 2.12. The second kappa shape index (κ2) is 5.22. The van der Waals surface area contributed by atoms with Crippen LogP contribution in [-0.2, 0) is 25.4 Å². The summed E-state index contributed by atoms with van der Waals surface area (Å²) >= 11 is 1.30. The molecule has 1 amide bonds. The lowest BCUT2D eigenvalue weighted by atomic mass is 10.4. The van der Waals surface area contributed by atoms with E-state index in [0.717, 1.165) is 4.57 Å². The quantitative estimate of drug-likeness (QED) is 0.702. The number of amides is 1. The number of aryl methyl sites for hydroxylation is 1. The van der Waals surface area contributed by atoms with E-state index in [2.05, 4.69) is 15.3 Å². The molecule has 0 unspecified atom stereocenters. The number of fused-ring (bicyclic) bond motifs is 1. The van der Waals surface area contributed by atoms with Gasteiger partial charge in [-0.3, -0.25) is 18.7 Å². The second-order valence-electron chi connectivity index (χ2n) is 4.64. The van der Waals surface area contributed by atoms with Crippen LogP contribution in [0.4, 0.5) is 5.13 Å². The van der Waals surface area contributed by atoms with Gasteiger partial charge in [0.15, 0.2) is 16.3 Å². The third kappa shape index (κ3) is 2.22. The summed E-state index contributed by atoms with van der Waals surface area (Å²) in [5, 5.41) is 4.85. The van der Waals surface area contributed by atoms with Gasteiger partial charge in [-0.1, -0.05) is 0 Å². The first-order valence-electron chi connectivity index (χ1n) is 6.29. The maximum atomic E-state index is 12.2. The molecule has 1 N–H and O–H groups in total. The average molecular weight is 320 g/mol. The minimum Gasteiger partial charge on any atom is -0.315 e. The van der Waals surface area contributed by atoms with Crippen LogP contribution in [0, 0.1) is 0 Å². The van der Waals surface area contributed by atoms with Gasteiger partial charge in [0.2, 0.25) is 5.91 Å². The molecular formula is C12H12N6O3S. The van der Waals surface area contributed by atoms with E-state index in [1.165, 1.54) is 40.9 Å². The number of hydrogen-bond donors (Lipinski definition) is 1. The van der Waals surface area contributed by atoms with Crippen molar-refractivity contribution in [1.29, 1.82) is 0 Å². The molecule has 0 bridgehead atoms. The molecular weight excluding hydrogens is 308 g/mol. The Morgan fingerprint density at radius 2 is 2.05 bits per heavy atom. The van der Waals surface area contributed by atoms with E-state index in [-0.39, 0.29) is 23.6 Å². The highest BCUT2D eigenvalue weighted by Crippen LogP contribution is 2.11. The third-order valence-electron chi connectivity index (χ3n) is 3.21. The molecule has 3 aromatic rings. The van der Waals surface area contributed by atoms with Crippen molar-refractivity contribution >= 4 is 33.5 Å². The predicted octanol–water partition coefficient (Wildman–Crippen LogP) is -0.471. The normalized spacial score (nSPS) is 11.0. The van der Waals surface area contributed by atoms with Gasteiger partial charge in [0.25, 0.3) is 5.56 Å². The maximum Gasteiger partial charge on any atom is 0.332 e. The standard InChI is InChI=1S/C12H12N6O3S/c1-16-9-8(10(20)17(2)12(16)21)18(6-14-9)5-7(19)15-11-13-3-4-22-11/h3-4,6H,5H2,1-2H3,(H,13,15,19). The van der Waals surface area contributed by atoms with Crippen LogP contribution in [0.1, 0.15) is 0 Å². The molecule has 0 aromatic carbocycles. The van der Waals surface area contributed by atoms with Crippen LogP contribution < -0.4 is 16.6 Å². The van der Waals surface area contributed by atoms with E-state index in [4.69, 9.17) is 0 Å². The average Bonchev–Trinajstić information content (AvgIpc) is 3.12. The Hall–Kier alpha value is -2.75. The lowest BCUT2D eigenvalue weighted by molar-refractivity contribution is -0.116. The van der Waals surface area contributed by atoms with Gasteiger partial charge in [-0.2, -0.15) is 0 Å². The molecule has 10 heteroatoms. The van der Waals surface area contributed by atoms with Crippen molar-refractivity contribution < 1.29 is 4.79 Å². The molecule has 0 saturated heterocycles. The molecule has 9 nitrogen and oxygen atoms in total. The van der Waals surface area contributed by atoms with E-state index in [0.29, 0.717) is 5.13 Å². The van der Waals surface area contributed by atoms with Gasteiger partial charge in [0.05, 0.1) is 6.33 Å². The predicted molar refractivity (Wildman–Crippen MR) is 81.0 cm³/mol. The smallest absolute Gasteiger partial charge is 0.315 e. The number of carbonyl (C=O) groups is 1. The molecule has 0 fully saturated rings. The Morgan fingerprint density at radius 3 is 2.73 bits per heavy atom. The molecule has 3 aromatic heterocycles. The van der Waals surface area contributed by atoms with Crippen molar-refractivity contribution in [3.05, 3.63) is 38.7 Å². The Balaban J connectivity index is 2.00. The number of anilines is 1. The van der Waals surface area contributed by atoms with E-state index in [1.54, 1.807) is 11.6 Å². The highest BCUT2D eigenvalue weighted by molar-refractivity contribution is 7.13. The van der Waals surface area contributed by atoms with Crippen molar-refractivity contribution in [2.45, 2.75) is 6.54 Å².